The minimum Gasteiger partial charge on any atom is -0.294 e. The quantitative estimate of drug-likeness (QED) is 0.501. The molecule has 2 aromatic carbocycles. The van der Waals surface area contributed by atoms with Gasteiger partial charge in [-0.2, -0.15) is 5.10 Å². The summed E-state index contributed by atoms with van der Waals surface area (Å²) < 4.78 is 3.07. The SMILES string of the molecule is O=c1c2cnn(-c3cccc(Cl)c3)c2ncn1Cc1ccc(Cl)cc1Cl. The van der Waals surface area contributed by atoms with Gasteiger partial charge in [-0.05, 0) is 35.9 Å². The van der Waals surface area contributed by atoms with E-state index in [4.69, 9.17) is 34.8 Å². The molecule has 2 aromatic heterocycles. The summed E-state index contributed by atoms with van der Waals surface area (Å²) in [5.41, 5.74) is 1.78. The van der Waals surface area contributed by atoms with Crippen molar-refractivity contribution in [3.63, 3.8) is 0 Å². The summed E-state index contributed by atoms with van der Waals surface area (Å²) in [6, 6.07) is 12.4. The van der Waals surface area contributed by atoms with E-state index in [-0.39, 0.29) is 5.56 Å². The summed E-state index contributed by atoms with van der Waals surface area (Å²) in [5.74, 6) is 0. The number of halogens is 3. The Hall–Kier alpha value is -2.34. The van der Waals surface area contributed by atoms with E-state index in [1.807, 2.05) is 12.1 Å². The fourth-order valence-corrected chi connectivity index (χ4v) is 3.34. The molecule has 0 radical (unpaired) electrons. The molecule has 4 aromatic rings. The van der Waals surface area contributed by atoms with Gasteiger partial charge >= 0.3 is 0 Å². The second kappa shape index (κ2) is 6.76. The topological polar surface area (TPSA) is 52.7 Å². The van der Waals surface area contributed by atoms with E-state index in [0.717, 1.165) is 11.3 Å². The maximum absolute atomic E-state index is 12.8. The van der Waals surface area contributed by atoms with Crippen LogP contribution in [0.3, 0.4) is 0 Å². The van der Waals surface area contributed by atoms with Crippen LogP contribution in [0.25, 0.3) is 16.7 Å². The first kappa shape index (κ1) is 17.1. The van der Waals surface area contributed by atoms with Gasteiger partial charge in [0.25, 0.3) is 5.56 Å². The van der Waals surface area contributed by atoms with Crippen molar-refractivity contribution < 1.29 is 0 Å². The molecule has 0 saturated heterocycles. The fourth-order valence-electron chi connectivity index (χ4n) is 2.69. The number of fused-ring (bicyclic) bond motifs is 1. The molecule has 0 fully saturated rings. The lowest BCUT2D eigenvalue weighted by Gasteiger charge is -2.08. The van der Waals surface area contributed by atoms with Gasteiger partial charge in [0.15, 0.2) is 5.65 Å². The lowest BCUT2D eigenvalue weighted by atomic mass is 10.2. The van der Waals surface area contributed by atoms with Gasteiger partial charge in [-0.25, -0.2) is 9.67 Å². The normalized spacial score (nSPS) is 11.2. The zero-order valence-corrected chi connectivity index (χ0v) is 15.5. The van der Waals surface area contributed by atoms with Crippen LogP contribution in [0.2, 0.25) is 15.1 Å². The van der Waals surface area contributed by atoms with Gasteiger partial charge in [-0.15, -0.1) is 0 Å². The average Bonchev–Trinajstić information content (AvgIpc) is 3.04. The average molecular weight is 406 g/mol. The Balaban J connectivity index is 1.78. The summed E-state index contributed by atoms with van der Waals surface area (Å²) in [5, 5.41) is 6.32. The second-order valence-electron chi connectivity index (χ2n) is 5.69. The molecular weight excluding hydrogens is 395 g/mol. The fraction of sp³-hybridized carbons (Fsp3) is 0.0556. The van der Waals surface area contributed by atoms with Crippen molar-refractivity contribution in [2.75, 3.05) is 0 Å². The molecule has 8 heteroatoms. The van der Waals surface area contributed by atoms with Crippen LogP contribution in [-0.2, 0) is 6.54 Å². The smallest absolute Gasteiger partial charge is 0.264 e. The molecule has 0 N–H and O–H groups in total. The van der Waals surface area contributed by atoms with Gasteiger partial charge in [-0.3, -0.25) is 9.36 Å². The Morgan fingerprint density at radius 2 is 1.81 bits per heavy atom. The van der Waals surface area contributed by atoms with E-state index >= 15 is 0 Å². The van der Waals surface area contributed by atoms with E-state index in [1.54, 1.807) is 35.0 Å². The number of hydrogen-bond acceptors (Lipinski definition) is 3. The minimum atomic E-state index is -0.200. The Kier molecular flexibility index (Phi) is 4.44. The molecule has 2 heterocycles. The van der Waals surface area contributed by atoms with Crippen molar-refractivity contribution in [2.24, 2.45) is 0 Å². The van der Waals surface area contributed by atoms with Crippen LogP contribution in [0.4, 0.5) is 0 Å². The number of hydrogen-bond donors (Lipinski definition) is 0. The minimum absolute atomic E-state index is 0.200. The van der Waals surface area contributed by atoms with Crippen LogP contribution >= 0.6 is 34.8 Å². The van der Waals surface area contributed by atoms with E-state index in [2.05, 4.69) is 10.1 Å². The number of aromatic nitrogens is 4. The zero-order valence-electron chi connectivity index (χ0n) is 13.2. The molecule has 0 aliphatic heterocycles. The van der Waals surface area contributed by atoms with Crippen molar-refractivity contribution in [1.29, 1.82) is 0 Å². The predicted octanol–water partition coefficient (Wildman–Crippen LogP) is 4.59. The van der Waals surface area contributed by atoms with Crippen LogP contribution in [0.15, 0.2) is 59.8 Å². The molecule has 0 spiro atoms. The summed E-state index contributed by atoms with van der Waals surface area (Å²) in [7, 11) is 0. The van der Waals surface area contributed by atoms with Crippen LogP contribution in [-0.4, -0.2) is 19.3 Å². The third-order valence-electron chi connectivity index (χ3n) is 3.96. The molecular formula is C18H11Cl3N4O. The first-order valence-corrected chi connectivity index (χ1v) is 8.79. The van der Waals surface area contributed by atoms with Gasteiger partial charge in [0.1, 0.15) is 11.7 Å². The second-order valence-corrected chi connectivity index (χ2v) is 6.97. The molecule has 0 aliphatic carbocycles. The maximum Gasteiger partial charge on any atom is 0.264 e. The van der Waals surface area contributed by atoms with Crippen molar-refractivity contribution in [2.45, 2.75) is 6.54 Å². The monoisotopic (exact) mass is 404 g/mol. The Bertz CT molecular complexity index is 1180. The highest BCUT2D eigenvalue weighted by Crippen LogP contribution is 2.22. The van der Waals surface area contributed by atoms with Crippen LogP contribution < -0.4 is 5.56 Å². The maximum atomic E-state index is 12.8. The summed E-state index contributed by atoms with van der Waals surface area (Å²) in [4.78, 5) is 17.2. The first-order chi connectivity index (χ1) is 12.5. The molecule has 0 saturated carbocycles. The molecule has 4 rings (SSSR count). The van der Waals surface area contributed by atoms with Gasteiger partial charge in [-0.1, -0.05) is 46.9 Å². The Morgan fingerprint density at radius 1 is 1.00 bits per heavy atom. The molecule has 5 nitrogen and oxygen atoms in total. The zero-order chi connectivity index (χ0) is 18.3. The van der Waals surface area contributed by atoms with Gasteiger partial charge in [0.2, 0.25) is 0 Å². The highest BCUT2D eigenvalue weighted by molar-refractivity contribution is 6.35. The van der Waals surface area contributed by atoms with Crippen molar-refractivity contribution in [3.05, 3.63) is 86.0 Å². The molecule has 0 aliphatic rings. The molecule has 0 atom stereocenters. The highest BCUT2D eigenvalue weighted by atomic mass is 35.5. The third kappa shape index (κ3) is 3.09. The lowest BCUT2D eigenvalue weighted by molar-refractivity contribution is 0.745. The molecule has 130 valence electrons. The van der Waals surface area contributed by atoms with E-state index in [9.17, 15) is 4.79 Å². The van der Waals surface area contributed by atoms with Gasteiger partial charge in [0.05, 0.1) is 18.4 Å². The summed E-state index contributed by atoms with van der Waals surface area (Å²) >= 11 is 18.2. The van der Waals surface area contributed by atoms with Gasteiger partial charge in [0, 0.05) is 15.1 Å². The standard InChI is InChI=1S/C18H11Cl3N4O/c19-12-2-1-3-14(6-12)25-17-15(8-23-25)18(26)24(10-22-17)9-11-4-5-13(20)7-16(11)21/h1-8,10H,9H2. The Morgan fingerprint density at radius 3 is 2.58 bits per heavy atom. The summed E-state index contributed by atoms with van der Waals surface area (Å²) in [6.45, 7) is 0.292. The van der Waals surface area contributed by atoms with Crippen molar-refractivity contribution in [3.8, 4) is 5.69 Å². The largest absolute Gasteiger partial charge is 0.294 e. The number of benzene rings is 2. The lowest BCUT2D eigenvalue weighted by Crippen LogP contribution is -2.21. The van der Waals surface area contributed by atoms with Crippen LogP contribution in [0.5, 0.6) is 0 Å². The van der Waals surface area contributed by atoms with Crippen molar-refractivity contribution in [1.82, 2.24) is 19.3 Å². The van der Waals surface area contributed by atoms with E-state index in [0.29, 0.717) is 32.6 Å². The van der Waals surface area contributed by atoms with Crippen molar-refractivity contribution >= 4 is 45.8 Å². The van der Waals surface area contributed by atoms with Crippen LogP contribution in [0, 0.1) is 0 Å². The van der Waals surface area contributed by atoms with E-state index in [1.165, 1.54) is 17.1 Å². The number of rotatable bonds is 3. The summed E-state index contributed by atoms with van der Waals surface area (Å²) in [6.07, 6.45) is 2.99. The third-order valence-corrected chi connectivity index (χ3v) is 4.79. The molecule has 0 bridgehead atoms. The van der Waals surface area contributed by atoms with Gasteiger partial charge < -0.3 is 0 Å². The number of nitrogens with zero attached hydrogens (tertiary/aromatic N) is 4. The van der Waals surface area contributed by atoms with Crippen LogP contribution in [0.1, 0.15) is 5.56 Å². The van der Waals surface area contributed by atoms with E-state index < -0.39 is 0 Å². The molecule has 0 unspecified atom stereocenters. The predicted molar refractivity (Wildman–Crippen MR) is 104 cm³/mol. The molecule has 26 heavy (non-hydrogen) atoms. The molecule has 0 amide bonds. The Labute approximate surface area is 163 Å². The highest BCUT2D eigenvalue weighted by Gasteiger charge is 2.12. The first-order valence-electron chi connectivity index (χ1n) is 7.66.